The van der Waals surface area contributed by atoms with E-state index in [1.165, 1.54) is 4.90 Å². The number of terminal acetylenes is 1. The maximum absolute atomic E-state index is 13.6. The fourth-order valence-electron chi connectivity index (χ4n) is 5.39. The number of carbonyl (C=O) groups is 3. The lowest BCUT2D eigenvalue weighted by molar-refractivity contribution is -0.139. The van der Waals surface area contributed by atoms with Crippen LogP contribution in [-0.4, -0.2) is 105 Å². The van der Waals surface area contributed by atoms with E-state index in [1.54, 1.807) is 19.2 Å². The average molecular weight is 511 g/mol. The van der Waals surface area contributed by atoms with Crippen molar-refractivity contribution in [2.24, 2.45) is 11.8 Å². The van der Waals surface area contributed by atoms with E-state index in [0.717, 1.165) is 45.0 Å². The number of anilines is 1. The Balaban J connectivity index is 1.41. The summed E-state index contributed by atoms with van der Waals surface area (Å²) in [6.07, 6.45) is 5.87. The molecule has 0 aromatic heterocycles. The summed E-state index contributed by atoms with van der Waals surface area (Å²) in [6.45, 7) is 9.56. The third kappa shape index (κ3) is 5.82. The molecule has 5 atom stereocenters. The number of ketones is 1. The predicted molar refractivity (Wildman–Crippen MR) is 140 cm³/mol. The van der Waals surface area contributed by atoms with Gasteiger partial charge in [-0.25, -0.2) is 0 Å². The monoisotopic (exact) mass is 510 g/mol. The van der Waals surface area contributed by atoms with Crippen LogP contribution in [0.4, 0.5) is 5.69 Å². The number of likely N-dealkylation sites (tertiary alicyclic amines) is 1. The number of methoxy groups -OCH3 is 1. The highest BCUT2D eigenvalue weighted by Crippen LogP contribution is 2.32. The van der Waals surface area contributed by atoms with E-state index in [9.17, 15) is 14.4 Å². The summed E-state index contributed by atoms with van der Waals surface area (Å²) in [5, 5.41) is 2.95. The molecule has 3 aliphatic heterocycles. The lowest BCUT2D eigenvalue weighted by Gasteiger charge is -2.36. The SMILES string of the molecule is C#CC1CN(C(=O)C(NC(=O)c2ccc(N3CCN(CCOC)CC3)cc2)C(C)CC)C2C(=O)COC12. The van der Waals surface area contributed by atoms with Crippen LogP contribution >= 0.6 is 0 Å². The molecular weight excluding hydrogens is 472 g/mol. The summed E-state index contributed by atoms with van der Waals surface area (Å²) in [7, 11) is 1.72. The topological polar surface area (TPSA) is 91.4 Å². The Bertz CT molecular complexity index is 1010. The number of nitrogens with one attached hydrogen (secondary N) is 1. The number of benzene rings is 1. The van der Waals surface area contributed by atoms with E-state index in [0.29, 0.717) is 12.0 Å². The van der Waals surface area contributed by atoms with Gasteiger partial charge in [0.1, 0.15) is 24.8 Å². The van der Waals surface area contributed by atoms with Crippen molar-refractivity contribution in [1.82, 2.24) is 15.1 Å². The minimum absolute atomic E-state index is 0.0355. The first-order valence-corrected chi connectivity index (χ1v) is 13.2. The van der Waals surface area contributed by atoms with E-state index < -0.39 is 18.2 Å². The van der Waals surface area contributed by atoms with Crippen LogP contribution in [-0.2, 0) is 19.1 Å². The van der Waals surface area contributed by atoms with Crippen molar-refractivity contribution in [3.05, 3.63) is 29.8 Å². The Labute approximate surface area is 219 Å². The van der Waals surface area contributed by atoms with Crippen molar-refractivity contribution in [2.45, 2.75) is 38.5 Å². The zero-order chi connectivity index (χ0) is 26.5. The number of fused-ring (bicyclic) bond motifs is 1. The third-order valence-corrected chi connectivity index (χ3v) is 7.93. The van der Waals surface area contributed by atoms with Crippen LogP contribution < -0.4 is 10.2 Å². The molecule has 0 bridgehead atoms. The van der Waals surface area contributed by atoms with Gasteiger partial charge >= 0.3 is 0 Å². The maximum Gasteiger partial charge on any atom is 0.251 e. The quantitative estimate of drug-likeness (QED) is 0.496. The summed E-state index contributed by atoms with van der Waals surface area (Å²) in [5.41, 5.74) is 1.56. The molecule has 3 aliphatic rings. The van der Waals surface area contributed by atoms with Gasteiger partial charge in [0.15, 0.2) is 5.78 Å². The highest BCUT2D eigenvalue weighted by Gasteiger charge is 2.53. The second kappa shape index (κ2) is 12.1. The zero-order valence-electron chi connectivity index (χ0n) is 22.0. The molecular formula is C28H38N4O5. The molecule has 0 spiro atoms. The second-order valence-electron chi connectivity index (χ2n) is 10.2. The molecule has 3 fully saturated rings. The molecule has 1 aromatic rings. The van der Waals surface area contributed by atoms with E-state index in [2.05, 4.69) is 21.0 Å². The number of piperazine rings is 1. The first-order valence-electron chi connectivity index (χ1n) is 13.2. The van der Waals surface area contributed by atoms with E-state index in [4.69, 9.17) is 15.9 Å². The van der Waals surface area contributed by atoms with E-state index >= 15 is 0 Å². The molecule has 37 heavy (non-hydrogen) atoms. The lowest BCUT2D eigenvalue weighted by atomic mass is 9.96. The largest absolute Gasteiger partial charge is 0.383 e. The minimum Gasteiger partial charge on any atom is -0.383 e. The van der Waals surface area contributed by atoms with Crippen molar-refractivity contribution in [2.75, 3.05) is 64.5 Å². The molecule has 0 saturated carbocycles. The van der Waals surface area contributed by atoms with Gasteiger partial charge in [0, 0.05) is 57.6 Å². The fourth-order valence-corrected chi connectivity index (χ4v) is 5.39. The highest BCUT2D eigenvalue weighted by molar-refractivity contribution is 5.99. The van der Waals surface area contributed by atoms with Gasteiger partial charge in [-0.05, 0) is 30.2 Å². The summed E-state index contributed by atoms with van der Waals surface area (Å²) >= 11 is 0. The number of amides is 2. The van der Waals surface area contributed by atoms with Gasteiger partial charge in [-0.3, -0.25) is 19.3 Å². The van der Waals surface area contributed by atoms with E-state index in [-0.39, 0.29) is 42.6 Å². The van der Waals surface area contributed by atoms with Crippen LogP contribution in [0.1, 0.15) is 30.6 Å². The highest BCUT2D eigenvalue weighted by atomic mass is 16.5. The first kappa shape index (κ1) is 27.1. The molecule has 2 amide bonds. The minimum atomic E-state index is -0.761. The number of Topliss-reactive ketones (excluding diaryl/α,β-unsaturated/α-hetero) is 1. The van der Waals surface area contributed by atoms with Gasteiger partial charge in [0.2, 0.25) is 5.91 Å². The molecule has 1 aromatic carbocycles. The summed E-state index contributed by atoms with van der Waals surface area (Å²) < 4.78 is 10.8. The number of hydrogen-bond acceptors (Lipinski definition) is 7. The number of rotatable bonds is 9. The number of carbonyl (C=O) groups excluding carboxylic acids is 3. The Morgan fingerprint density at radius 3 is 2.54 bits per heavy atom. The van der Waals surface area contributed by atoms with Crippen LogP contribution in [0, 0.1) is 24.2 Å². The zero-order valence-corrected chi connectivity index (χ0v) is 22.0. The van der Waals surface area contributed by atoms with Gasteiger partial charge in [0.05, 0.1) is 12.5 Å². The van der Waals surface area contributed by atoms with Gasteiger partial charge in [-0.2, -0.15) is 0 Å². The van der Waals surface area contributed by atoms with Crippen LogP contribution in [0.15, 0.2) is 24.3 Å². The summed E-state index contributed by atoms with van der Waals surface area (Å²) in [6, 6.07) is 6.08. The smallest absolute Gasteiger partial charge is 0.251 e. The molecule has 5 unspecified atom stereocenters. The second-order valence-corrected chi connectivity index (χ2v) is 10.2. The standard InChI is InChI=1S/C28H38N4O5/c1-5-19(3)24(28(35)32-17-20(6-2)26-25(32)23(33)18-37-26)29-27(34)21-7-9-22(10-8-21)31-13-11-30(12-14-31)15-16-36-4/h2,7-10,19-20,24-26H,5,11-18H2,1,3-4H3,(H,29,34). The van der Waals surface area contributed by atoms with Gasteiger partial charge in [-0.1, -0.05) is 26.2 Å². The van der Waals surface area contributed by atoms with Crippen LogP contribution in [0.2, 0.25) is 0 Å². The van der Waals surface area contributed by atoms with Crippen molar-refractivity contribution >= 4 is 23.3 Å². The molecule has 4 rings (SSSR count). The molecule has 1 N–H and O–H groups in total. The number of ether oxygens (including phenoxy) is 2. The average Bonchev–Trinajstić information content (AvgIpc) is 3.50. The molecule has 3 saturated heterocycles. The Morgan fingerprint density at radius 1 is 1.22 bits per heavy atom. The molecule has 9 heteroatoms. The fraction of sp³-hybridized carbons (Fsp3) is 0.607. The molecule has 0 radical (unpaired) electrons. The molecule has 9 nitrogen and oxygen atoms in total. The van der Waals surface area contributed by atoms with Crippen LogP contribution in [0.5, 0.6) is 0 Å². The molecule has 200 valence electrons. The first-order chi connectivity index (χ1) is 17.9. The Hall–Kier alpha value is -2.93. The van der Waals surface area contributed by atoms with Crippen LogP contribution in [0.3, 0.4) is 0 Å². The normalized spacial score (nSPS) is 25.5. The predicted octanol–water partition coefficient (Wildman–Crippen LogP) is 1.03. The van der Waals surface area contributed by atoms with Crippen molar-refractivity contribution in [3.63, 3.8) is 0 Å². The number of hydrogen-bond donors (Lipinski definition) is 1. The molecule has 3 heterocycles. The lowest BCUT2D eigenvalue weighted by Crippen LogP contribution is -2.54. The summed E-state index contributed by atoms with van der Waals surface area (Å²) in [5.74, 6) is 1.48. The Kier molecular flexibility index (Phi) is 8.85. The van der Waals surface area contributed by atoms with Crippen molar-refractivity contribution in [3.8, 4) is 12.3 Å². The van der Waals surface area contributed by atoms with Gasteiger partial charge in [-0.15, -0.1) is 6.42 Å². The number of nitrogens with zero attached hydrogens (tertiary/aromatic N) is 3. The third-order valence-electron chi connectivity index (χ3n) is 7.93. The van der Waals surface area contributed by atoms with Crippen LogP contribution in [0.25, 0.3) is 0 Å². The van der Waals surface area contributed by atoms with Crippen molar-refractivity contribution in [1.29, 1.82) is 0 Å². The van der Waals surface area contributed by atoms with Gasteiger partial charge in [0.25, 0.3) is 5.91 Å². The molecule has 0 aliphatic carbocycles. The van der Waals surface area contributed by atoms with Crippen molar-refractivity contribution < 1.29 is 23.9 Å². The summed E-state index contributed by atoms with van der Waals surface area (Å²) in [4.78, 5) is 45.5. The van der Waals surface area contributed by atoms with Gasteiger partial charge < -0.3 is 24.6 Å². The van der Waals surface area contributed by atoms with E-state index in [1.807, 2.05) is 26.0 Å². The Morgan fingerprint density at radius 2 is 1.92 bits per heavy atom. The maximum atomic E-state index is 13.6.